The smallest absolute Gasteiger partial charge is 0.227 e. The molecule has 0 spiro atoms. The summed E-state index contributed by atoms with van der Waals surface area (Å²) in [6, 6.07) is 2.15. The van der Waals surface area contributed by atoms with Crippen molar-refractivity contribution >= 4 is 11.6 Å². The van der Waals surface area contributed by atoms with Crippen molar-refractivity contribution in [3.05, 3.63) is 64.5 Å². The van der Waals surface area contributed by atoms with Gasteiger partial charge in [-0.25, -0.2) is 0 Å². The first-order valence-corrected chi connectivity index (χ1v) is 14.5. The van der Waals surface area contributed by atoms with E-state index >= 15 is 0 Å². The third-order valence-electron chi connectivity index (χ3n) is 8.38. The Labute approximate surface area is 227 Å². The Bertz CT molecular complexity index is 986. The second-order valence-corrected chi connectivity index (χ2v) is 11.7. The van der Waals surface area contributed by atoms with Gasteiger partial charge in [-0.05, 0) is 119 Å². The minimum Gasteiger partial charge on any atom is -0.491 e. The lowest BCUT2D eigenvalue weighted by molar-refractivity contribution is -0.119. The Morgan fingerprint density at radius 3 is 2.43 bits per heavy atom. The molecule has 1 N–H and O–H groups in total. The highest BCUT2D eigenvalue weighted by Gasteiger charge is 2.23. The molecule has 1 aromatic rings. The van der Waals surface area contributed by atoms with Crippen LogP contribution in [-0.2, 0) is 16.0 Å². The molecule has 5 unspecified atom stereocenters. The first kappa shape index (κ1) is 30.9. The molecular formula is C34H53NO2. The third kappa shape index (κ3) is 8.90. The maximum absolute atomic E-state index is 13.2. The van der Waals surface area contributed by atoms with Crippen LogP contribution in [0.15, 0.2) is 42.2 Å². The summed E-state index contributed by atoms with van der Waals surface area (Å²) in [5.74, 6) is 2.26. The number of anilines is 1. The summed E-state index contributed by atoms with van der Waals surface area (Å²) >= 11 is 0. The van der Waals surface area contributed by atoms with E-state index < -0.39 is 0 Å². The van der Waals surface area contributed by atoms with Gasteiger partial charge in [-0.3, -0.25) is 4.79 Å². The lowest BCUT2D eigenvalue weighted by atomic mass is 9.83. The van der Waals surface area contributed by atoms with Crippen LogP contribution in [0.3, 0.4) is 0 Å². The quantitative estimate of drug-likeness (QED) is 0.325. The average Bonchev–Trinajstić information content (AvgIpc) is 2.84. The summed E-state index contributed by atoms with van der Waals surface area (Å²) in [6.07, 6.45) is 14.2. The van der Waals surface area contributed by atoms with E-state index in [0.29, 0.717) is 18.3 Å². The van der Waals surface area contributed by atoms with Gasteiger partial charge >= 0.3 is 0 Å². The standard InChI is InChI=1S/C34H53NO2/c1-11-29-17-13-15-24(6)33(37-22(3)4)30(12-2)18-14-16-25(7)34(36)35-32-21-26(8)27(9)31(28(32)10)20-23(5)19-29/h14-15,18,21,23,25,29-30,33H,3,11-13,16-17,19-20H2,1-2,4-10H3,(H,35,36)/b18-14-,24-15+. The van der Waals surface area contributed by atoms with Gasteiger partial charge in [0, 0.05) is 17.5 Å². The molecule has 1 aliphatic rings. The van der Waals surface area contributed by atoms with Crippen LogP contribution in [0.1, 0.15) is 102 Å². The topological polar surface area (TPSA) is 38.3 Å². The number of hydrogen-bond acceptors (Lipinski definition) is 2. The number of ether oxygens (including phenoxy) is 1. The van der Waals surface area contributed by atoms with Crippen LogP contribution in [-0.4, -0.2) is 12.0 Å². The van der Waals surface area contributed by atoms with Crippen molar-refractivity contribution < 1.29 is 9.53 Å². The van der Waals surface area contributed by atoms with Crippen molar-refractivity contribution in [1.29, 1.82) is 0 Å². The number of hydrogen-bond donors (Lipinski definition) is 1. The fourth-order valence-electron chi connectivity index (χ4n) is 5.71. The number of aryl methyl sites for hydroxylation is 1. The Morgan fingerprint density at radius 1 is 1.11 bits per heavy atom. The maximum Gasteiger partial charge on any atom is 0.227 e. The Balaban J connectivity index is 2.45. The van der Waals surface area contributed by atoms with Gasteiger partial charge in [0.25, 0.3) is 0 Å². The van der Waals surface area contributed by atoms with E-state index in [-0.39, 0.29) is 23.8 Å². The van der Waals surface area contributed by atoms with Crippen LogP contribution in [0.25, 0.3) is 0 Å². The number of fused-ring (bicyclic) bond motifs is 2. The highest BCUT2D eigenvalue weighted by atomic mass is 16.5. The summed E-state index contributed by atoms with van der Waals surface area (Å²) in [6.45, 7) is 23.7. The normalized spacial score (nSPS) is 28.6. The lowest BCUT2D eigenvalue weighted by Crippen LogP contribution is -2.23. The first-order valence-electron chi connectivity index (χ1n) is 14.5. The molecule has 0 saturated carbocycles. The maximum atomic E-state index is 13.2. The van der Waals surface area contributed by atoms with Gasteiger partial charge in [-0.1, -0.05) is 58.9 Å². The predicted octanol–water partition coefficient (Wildman–Crippen LogP) is 9.41. The van der Waals surface area contributed by atoms with Crippen molar-refractivity contribution in [2.45, 2.75) is 113 Å². The van der Waals surface area contributed by atoms with E-state index in [0.717, 1.165) is 30.7 Å². The zero-order chi connectivity index (χ0) is 27.7. The van der Waals surface area contributed by atoms with Gasteiger partial charge < -0.3 is 10.1 Å². The molecule has 37 heavy (non-hydrogen) atoms. The minimum atomic E-state index is -0.110. The molecule has 3 heteroatoms. The van der Waals surface area contributed by atoms with E-state index in [4.69, 9.17) is 4.74 Å². The van der Waals surface area contributed by atoms with Crippen LogP contribution in [0.2, 0.25) is 0 Å². The molecule has 5 atom stereocenters. The molecule has 0 radical (unpaired) electrons. The van der Waals surface area contributed by atoms with Gasteiger partial charge in [-0.15, -0.1) is 0 Å². The summed E-state index contributed by atoms with van der Waals surface area (Å²) < 4.78 is 6.25. The number of carbonyl (C=O) groups is 1. The Kier molecular flexibility index (Phi) is 12.2. The van der Waals surface area contributed by atoms with E-state index in [1.54, 1.807) is 0 Å². The fraction of sp³-hybridized carbons (Fsp3) is 0.618. The SMILES string of the molecule is C=C(C)OC1/C(C)=C/CCC(CC)CC(C)Cc2c(C)c(C)cc(c2C)NC(=O)C(C)C/C=C\C1CC. The molecule has 0 fully saturated rings. The molecule has 3 nitrogen and oxygen atoms in total. The summed E-state index contributed by atoms with van der Waals surface area (Å²) in [7, 11) is 0. The van der Waals surface area contributed by atoms with Gasteiger partial charge in [-0.2, -0.15) is 0 Å². The number of benzene rings is 1. The zero-order valence-electron chi connectivity index (χ0n) is 25.2. The Hall–Kier alpha value is -2.29. The first-order chi connectivity index (χ1) is 17.5. The highest BCUT2D eigenvalue weighted by molar-refractivity contribution is 5.93. The van der Waals surface area contributed by atoms with Gasteiger partial charge in [0.1, 0.15) is 6.10 Å². The predicted molar refractivity (Wildman–Crippen MR) is 160 cm³/mol. The largest absolute Gasteiger partial charge is 0.491 e. The van der Waals surface area contributed by atoms with E-state index in [1.165, 1.54) is 47.1 Å². The highest BCUT2D eigenvalue weighted by Crippen LogP contribution is 2.32. The van der Waals surface area contributed by atoms with Gasteiger partial charge in [0.2, 0.25) is 5.91 Å². The van der Waals surface area contributed by atoms with E-state index in [2.05, 4.69) is 84.7 Å². The number of amides is 1. The summed E-state index contributed by atoms with van der Waals surface area (Å²) in [5, 5.41) is 3.27. The molecule has 1 aromatic carbocycles. The molecule has 1 aliphatic heterocycles. The summed E-state index contributed by atoms with van der Waals surface area (Å²) in [5.41, 5.74) is 7.50. The van der Waals surface area contributed by atoms with Crippen LogP contribution >= 0.6 is 0 Å². The van der Waals surface area contributed by atoms with Crippen LogP contribution in [0.4, 0.5) is 5.69 Å². The monoisotopic (exact) mass is 507 g/mol. The third-order valence-corrected chi connectivity index (χ3v) is 8.38. The second kappa shape index (κ2) is 14.6. The molecule has 2 bridgehead atoms. The lowest BCUT2D eigenvalue weighted by Gasteiger charge is -2.27. The molecule has 0 aliphatic carbocycles. The van der Waals surface area contributed by atoms with Crippen LogP contribution < -0.4 is 5.32 Å². The molecular weight excluding hydrogens is 454 g/mol. The second-order valence-electron chi connectivity index (χ2n) is 11.7. The molecule has 1 heterocycles. The fourth-order valence-corrected chi connectivity index (χ4v) is 5.71. The minimum absolute atomic E-state index is 0.0148. The van der Waals surface area contributed by atoms with Gasteiger partial charge in [0.05, 0.1) is 5.76 Å². The molecule has 2 rings (SSSR count). The average molecular weight is 508 g/mol. The number of allylic oxidation sites excluding steroid dienone is 3. The number of carbonyl (C=O) groups excluding carboxylic acids is 1. The molecule has 1 amide bonds. The number of rotatable bonds is 4. The Morgan fingerprint density at radius 2 is 1.81 bits per heavy atom. The van der Waals surface area contributed by atoms with Crippen molar-refractivity contribution in [3.8, 4) is 0 Å². The van der Waals surface area contributed by atoms with Crippen molar-refractivity contribution in [2.24, 2.45) is 23.7 Å². The van der Waals surface area contributed by atoms with E-state index in [1.807, 2.05) is 13.8 Å². The van der Waals surface area contributed by atoms with Crippen LogP contribution in [0, 0.1) is 44.4 Å². The van der Waals surface area contributed by atoms with Crippen molar-refractivity contribution in [3.63, 3.8) is 0 Å². The zero-order valence-corrected chi connectivity index (χ0v) is 25.2. The van der Waals surface area contributed by atoms with Crippen molar-refractivity contribution in [2.75, 3.05) is 5.32 Å². The molecule has 0 saturated heterocycles. The summed E-state index contributed by atoms with van der Waals surface area (Å²) in [4.78, 5) is 13.2. The van der Waals surface area contributed by atoms with Gasteiger partial charge in [0.15, 0.2) is 0 Å². The molecule has 206 valence electrons. The molecule has 0 aromatic heterocycles. The number of nitrogens with one attached hydrogen (secondary N) is 1. The van der Waals surface area contributed by atoms with Crippen molar-refractivity contribution in [1.82, 2.24) is 0 Å². The van der Waals surface area contributed by atoms with E-state index in [9.17, 15) is 4.79 Å². The van der Waals surface area contributed by atoms with Crippen LogP contribution in [0.5, 0.6) is 0 Å².